The van der Waals surface area contributed by atoms with Crippen molar-refractivity contribution < 1.29 is 5.11 Å². The standard InChI is InChI=1S/C20H28BrN5OS/c1-4-6-17(28-3)11-22-10-15-7-5-8-16(9-15)25-20-23-12-18(21)19(26-20)24-14(2)13-27/h5-9,12,14,22,27H,4,10-11,13H2,1-3H3,(H2,23,24,25,26)/b17-6-. The molecule has 0 aliphatic rings. The van der Waals surface area contributed by atoms with Gasteiger partial charge in [0.05, 0.1) is 11.1 Å². The van der Waals surface area contributed by atoms with Crippen LogP contribution in [0.4, 0.5) is 17.5 Å². The molecular formula is C20H28BrN5OS. The van der Waals surface area contributed by atoms with Crippen LogP contribution in [0.25, 0.3) is 0 Å². The Labute approximate surface area is 179 Å². The molecule has 8 heteroatoms. The van der Waals surface area contributed by atoms with E-state index in [2.05, 4.69) is 73.2 Å². The molecule has 2 aromatic rings. The number of nitrogens with one attached hydrogen (secondary N) is 3. The molecule has 1 aromatic heterocycles. The number of rotatable bonds is 11. The summed E-state index contributed by atoms with van der Waals surface area (Å²) in [4.78, 5) is 10.2. The molecule has 0 radical (unpaired) electrons. The maximum atomic E-state index is 9.23. The zero-order chi connectivity index (χ0) is 20.4. The summed E-state index contributed by atoms with van der Waals surface area (Å²) in [5, 5.41) is 19.1. The fourth-order valence-electron chi connectivity index (χ4n) is 2.48. The van der Waals surface area contributed by atoms with Gasteiger partial charge in [-0.2, -0.15) is 4.98 Å². The Kier molecular flexibility index (Phi) is 9.77. The Morgan fingerprint density at radius 1 is 1.39 bits per heavy atom. The van der Waals surface area contributed by atoms with Gasteiger partial charge in [0.25, 0.3) is 0 Å². The van der Waals surface area contributed by atoms with Gasteiger partial charge in [0.15, 0.2) is 0 Å². The maximum absolute atomic E-state index is 9.23. The van der Waals surface area contributed by atoms with Crippen molar-refractivity contribution in [1.29, 1.82) is 0 Å². The second kappa shape index (κ2) is 12.1. The Morgan fingerprint density at radius 2 is 2.21 bits per heavy atom. The van der Waals surface area contributed by atoms with Gasteiger partial charge in [-0.05, 0) is 58.1 Å². The van der Waals surface area contributed by atoms with Crippen LogP contribution >= 0.6 is 27.7 Å². The van der Waals surface area contributed by atoms with E-state index in [4.69, 9.17) is 0 Å². The summed E-state index contributed by atoms with van der Waals surface area (Å²) in [5.74, 6) is 1.14. The molecule has 0 amide bonds. The lowest BCUT2D eigenvalue weighted by atomic mass is 10.2. The summed E-state index contributed by atoms with van der Waals surface area (Å²) >= 11 is 5.22. The monoisotopic (exact) mass is 465 g/mol. The first-order valence-electron chi connectivity index (χ1n) is 9.25. The molecule has 2 rings (SSSR count). The average molecular weight is 466 g/mol. The van der Waals surface area contributed by atoms with Gasteiger partial charge in [-0.25, -0.2) is 4.98 Å². The van der Waals surface area contributed by atoms with Crippen molar-refractivity contribution in [2.75, 3.05) is 30.0 Å². The number of benzene rings is 1. The molecule has 1 unspecified atom stereocenters. The highest BCUT2D eigenvalue weighted by molar-refractivity contribution is 9.10. The summed E-state index contributed by atoms with van der Waals surface area (Å²) in [6.07, 6.45) is 7.11. The Hall–Kier alpha value is -1.61. The van der Waals surface area contributed by atoms with Crippen LogP contribution in [0.1, 0.15) is 25.8 Å². The Balaban J connectivity index is 2.00. The summed E-state index contributed by atoms with van der Waals surface area (Å²) in [6, 6.07) is 8.09. The average Bonchev–Trinajstić information content (AvgIpc) is 2.70. The molecule has 0 fully saturated rings. The number of aromatic nitrogens is 2. The van der Waals surface area contributed by atoms with Crippen molar-refractivity contribution in [2.45, 2.75) is 32.9 Å². The number of hydrogen-bond donors (Lipinski definition) is 4. The molecule has 0 saturated carbocycles. The van der Waals surface area contributed by atoms with Crippen LogP contribution in [0.5, 0.6) is 0 Å². The van der Waals surface area contributed by atoms with Gasteiger partial charge in [0, 0.05) is 31.0 Å². The SMILES string of the molecule is CC/C=C(/CNCc1cccc(Nc2ncc(Br)c(NC(C)CO)n2)c1)SC. The first kappa shape index (κ1) is 22.7. The second-order valence-electron chi connectivity index (χ2n) is 6.33. The molecule has 1 heterocycles. The van der Waals surface area contributed by atoms with Crippen LogP contribution in [0, 0.1) is 0 Å². The van der Waals surface area contributed by atoms with E-state index in [-0.39, 0.29) is 12.6 Å². The molecule has 4 N–H and O–H groups in total. The molecule has 1 atom stereocenters. The first-order valence-corrected chi connectivity index (χ1v) is 11.3. The van der Waals surface area contributed by atoms with Crippen molar-refractivity contribution >= 4 is 45.1 Å². The lowest BCUT2D eigenvalue weighted by Crippen LogP contribution is -2.20. The van der Waals surface area contributed by atoms with Gasteiger partial charge in [-0.1, -0.05) is 25.1 Å². The molecule has 0 spiro atoms. The molecule has 0 bridgehead atoms. The number of thioether (sulfide) groups is 1. The zero-order valence-electron chi connectivity index (χ0n) is 16.5. The quantitative estimate of drug-likeness (QED) is 0.388. The van der Waals surface area contributed by atoms with Crippen molar-refractivity contribution in [3.63, 3.8) is 0 Å². The number of hydrogen-bond acceptors (Lipinski definition) is 7. The zero-order valence-corrected chi connectivity index (χ0v) is 18.9. The third kappa shape index (κ3) is 7.43. The fourth-order valence-corrected chi connectivity index (χ4v) is 3.37. The largest absolute Gasteiger partial charge is 0.394 e. The van der Waals surface area contributed by atoms with Gasteiger partial charge in [-0.15, -0.1) is 11.8 Å². The van der Waals surface area contributed by atoms with E-state index < -0.39 is 0 Å². The van der Waals surface area contributed by atoms with Crippen molar-refractivity contribution in [3.05, 3.63) is 51.5 Å². The highest BCUT2D eigenvalue weighted by atomic mass is 79.9. The number of aliphatic hydroxyl groups is 1. The van der Waals surface area contributed by atoms with Crippen LogP contribution in [0.15, 0.2) is 45.9 Å². The third-order valence-electron chi connectivity index (χ3n) is 3.91. The summed E-state index contributed by atoms with van der Waals surface area (Å²) in [6.45, 7) is 5.73. The van der Waals surface area contributed by atoms with E-state index in [0.717, 1.165) is 29.7 Å². The Morgan fingerprint density at radius 3 is 2.93 bits per heavy atom. The van der Waals surface area contributed by atoms with E-state index in [9.17, 15) is 5.11 Å². The van der Waals surface area contributed by atoms with Gasteiger partial charge < -0.3 is 21.1 Å². The minimum absolute atomic E-state index is 0.0277. The van der Waals surface area contributed by atoms with Crippen LogP contribution in [0.2, 0.25) is 0 Å². The molecule has 6 nitrogen and oxygen atoms in total. The van der Waals surface area contributed by atoms with E-state index in [0.29, 0.717) is 11.8 Å². The first-order chi connectivity index (χ1) is 13.5. The van der Waals surface area contributed by atoms with E-state index in [1.54, 1.807) is 18.0 Å². The number of halogens is 1. The lowest BCUT2D eigenvalue weighted by Gasteiger charge is -2.14. The number of anilines is 3. The molecule has 0 saturated heterocycles. The normalized spacial score (nSPS) is 12.7. The number of nitrogens with zero attached hydrogens (tertiary/aromatic N) is 2. The van der Waals surface area contributed by atoms with Gasteiger partial charge in [0.2, 0.25) is 5.95 Å². The van der Waals surface area contributed by atoms with Crippen LogP contribution in [0.3, 0.4) is 0 Å². The van der Waals surface area contributed by atoms with Gasteiger partial charge >= 0.3 is 0 Å². The van der Waals surface area contributed by atoms with E-state index in [1.165, 1.54) is 10.5 Å². The predicted molar refractivity (Wildman–Crippen MR) is 123 cm³/mol. The van der Waals surface area contributed by atoms with Crippen molar-refractivity contribution in [2.24, 2.45) is 0 Å². The van der Waals surface area contributed by atoms with Crippen molar-refractivity contribution in [3.8, 4) is 0 Å². The highest BCUT2D eigenvalue weighted by Gasteiger charge is 2.08. The number of allylic oxidation sites excluding steroid dienone is 1. The molecular weight excluding hydrogens is 438 g/mol. The summed E-state index contributed by atoms with van der Waals surface area (Å²) < 4.78 is 0.751. The van der Waals surface area contributed by atoms with Crippen LogP contribution in [-0.2, 0) is 6.54 Å². The fraction of sp³-hybridized carbons (Fsp3) is 0.400. The Bertz CT molecular complexity index is 787. The van der Waals surface area contributed by atoms with Crippen LogP contribution in [-0.4, -0.2) is 40.5 Å². The van der Waals surface area contributed by atoms with E-state index in [1.807, 2.05) is 19.1 Å². The topological polar surface area (TPSA) is 82.1 Å². The smallest absolute Gasteiger partial charge is 0.229 e. The maximum Gasteiger partial charge on any atom is 0.229 e. The van der Waals surface area contributed by atoms with Gasteiger partial charge in [0.1, 0.15) is 5.82 Å². The third-order valence-corrected chi connectivity index (χ3v) is 5.32. The second-order valence-corrected chi connectivity index (χ2v) is 8.12. The highest BCUT2D eigenvalue weighted by Crippen LogP contribution is 2.23. The molecule has 0 aliphatic carbocycles. The van der Waals surface area contributed by atoms with Crippen molar-refractivity contribution in [1.82, 2.24) is 15.3 Å². The summed E-state index contributed by atoms with van der Waals surface area (Å²) in [7, 11) is 0. The van der Waals surface area contributed by atoms with E-state index >= 15 is 0 Å². The molecule has 28 heavy (non-hydrogen) atoms. The number of aliphatic hydroxyl groups excluding tert-OH is 1. The molecule has 1 aromatic carbocycles. The molecule has 0 aliphatic heterocycles. The van der Waals surface area contributed by atoms with Crippen LogP contribution < -0.4 is 16.0 Å². The minimum atomic E-state index is -0.0959. The van der Waals surface area contributed by atoms with Gasteiger partial charge in [-0.3, -0.25) is 0 Å². The lowest BCUT2D eigenvalue weighted by molar-refractivity contribution is 0.281. The minimum Gasteiger partial charge on any atom is -0.394 e. The summed E-state index contributed by atoms with van der Waals surface area (Å²) in [5.41, 5.74) is 2.11. The predicted octanol–water partition coefficient (Wildman–Crippen LogP) is 4.52. The molecule has 152 valence electrons.